The van der Waals surface area contributed by atoms with Crippen molar-refractivity contribution in [3.05, 3.63) is 54.1 Å². The second-order valence-corrected chi connectivity index (χ2v) is 4.15. The number of hydrogen-bond acceptors (Lipinski definition) is 3. The zero-order chi connectivity index (χ0) is 12.1. The minimum atomic E-state index is -0.221. The predicted octanol–water partition coefficient (Wildman–Crippen LogP) is 0.793. The van der Waals surface area contributed by atoms with E-state index in [4.69, 9.17) is 10.8 Å². The number of imidazole rings is 1. The van der Waals surface area contributed by atoms with Crippen molar-refractivity contribution in [3.63, 3.8) is 0 Å². The lowest BCUT2D eigenvalue weighted by molar-refractivity contribution is 0.264. The van der Waals surface area contributed by atoms with Crippen molar-refractivity contribution in [1.29, 1.82) is 0 Å². The molecule has 17 heavy (non-hydrogen) atoms. The molecule has 0 bridgehead atoms. The maximum Gasteiger partial charge on any atom is 0.0951 e. The molecular formula is C13H17N3O. The molecule has 2 aromatic rings. The van der Waals surface area contributed by atoms with Gasteiger partial charge >= 0.3 is 0 Å². The highest BCUT2D eigenvalue weighted by atomic mass is 16.3. The van der Waals surface area contributed by atoms with Gasteiger partial charge in [0.05, 0.1) is 12.9 Å². The summed E-state index contributed by atoms with van der Waals surface area (Å²) in [5.74, 6) is 0. The molecular weight excluding hydrogens is 214 g/mol. The quantitative estimate of drug-likeness (QED) is 0.799. The van der Waals surface area contributed by atoms with E-state index in [1.807, 2.05) is 18.2 Å². The molecule has 0 spiro atoms. The Morgan fingerprint density at radius 1 is 1.29 bits per heavy atom. The molecule has 0 amide bonds. The van der Waals surface area contributed by atoms with E-state index in [2.05, 4.69) is 21.7 Å². The van der Waals surface area contributed by atoms with E-state index in [0.29, 0.717) is 6.42 Å². The van der Waals surface area contributed by atoms with Gasteiger partial charge in [-0.2, -0.15) is 0 Å². The van der Waals surface area contributed by atoms with Gasteiger partial charge in [-0.15, -0.1) is 0 Å². The SMILES string of the molecule is NC(CO)Cc1cncn1Cc1ccccc1. The molecule has 0 radical (unpaired) electrons. The molecule has 0 aliphatic rings. The van der Waals surface area contributed by atoms with Crippen LogP contribution in [0.2, 0.25) is 0 Å². The molecule has 0 fully saturated rings. The molecule has 0 saturated carbocycles. The first kappa shape index (κ1) is 11.8. The summed E-state index contributed by atoms with van der Waals surface area (Å²) in [6.07, 6.45) is 4.24. The average Bonchev–Trinajstić information content (AvgIpc) is 2.78. The van der Waals surface area contributed by atoms with Crippen LogP contribution in [0.25, 0.3) is 0 Å². The highest BCUT2D eigenvalue weighted by molar-refractivity contribution is 5.16. The lowest BCUT2D eigenvalue weighted by atomic mass is 10.2. The molecule has 1 unspecified atom stereocenters. The fourth-order valence-corrected chi connectivity index (χ4v) is 1.77. The monoisotopic (exact) mass is 231 g/mol. The topological polar surface area (TPSA) is 64.1 Å². The normalized spacial score (nSPS) is 12.6. The Labute approximate surface area is 101 Å². The zero-order valence-corrected chi connectivity index (χ0v) is 9.66. The lowest BCUT2D eigenvalue weighted by Gasteiger charge is -2.11. The summed E-state index contributed by atoms with van der Waals surface area (Å²) in [6.45, 7) is 0.783. The van der Waals surface area contributed by atoms with E-state index in [1.165, 1.54) is 5.56 Å². The molecule has 0 aliphatic heterocycles. The lowest BCUT2D eigenvalue weighted by Crippen LogP contribution is -2.28. The fourth-order valence-electron chi connectivity index (χ4n) is 1.77. The summed E-state index contributed by atoms with van der Waals surface area (Å²) in [5, 5.41) is 8.96. The van der Waals surface area contributed by atoms with E-state index >= 15 is 0 Å². The van der Waals surface area contributed by atoms with Crippen LogP contribution in [-0.2, 0) is 13.0 Å². The van der Waals surface area contributed by atoms with Crippen molar-refractivity contribution in [2.75, 3.05) is 6.61 Å². The molecule has 2 rings (SSSR count). The van der Waals surface area contributed by atoms with E-state index < -0.39 is 0 Å². The van der Waals surface area contributed by atoms with Crippen LogP contribution in [0.1, 0.15) is 11.3 Å². The van der Waals surface area contributed by atoms with Gasteiger partial charge in [0.15, 0.2) is 0 Å². The summed E-state index contributed by atoms with van der Waals surface area (Å²) < 4.78 is 2.06. The maximum atomic E-state index is 8.96. The molecule has 1 aromatic carbocycles. The number of rotatable bonds is 5. The van der Waals surface area contributed by atoms with Gasteiger partial charge in [-0.25, -0.2) is 4.98 Å². The molecule has 0 saturated heterocycles. The van der Waals surface area contributed by atoms with Gasteiger partial charge in [-0.05, 0) is 5.56 Å². The smallest absolute Gasteiger partial charge is 0.0951 e. The van der Waals surface area contributed by atoms with E-state index in [0.717, 1.165) is 12.2 Å². The number of aromatic nitrogens is 2. The van der Waals surface area contributed by atoms with Gasteiger partial charge in [-0.1, -0.05) is 30.3 Å². The first-order chi connectivity index (χ1) is 8.29. The van der Waals surface area contributed by atoms with Crippen molar-refractivity contribution >= 4 is 0 Å². The van der Waals surface area contributed by atoms with Crippen LogP contribution in [0, 0.1) is 0 Å². The zero-order valence-electron chi connectivity index (χ0n) is 9.66. The average molecular weight is 231 g/mol. The van der Waals surface area contributed by atoms with E-state index in [-0.39, 0.29) is 12.6 Å². The summed E-state index contributed by atoms with van der Waals surface area (Å²) in [6, 6.07) is 9.98. The van der Waals surface area contributed by atoms with Gasteiger partial charge in [0.2, 0.25) is 0 Å². The first-order valence-electron chi connectivity index (χ1n) is 5.69. The predicted molar refractivity (Wildman–Crippen MR) is 66.5 cm³/mol. The van der Waals surface area contributed by atoms with Crippen molar-refractivity contribution in [1.82, 2.24) is 9.55 Å². The summed E-state index contributed by atoms with van der Waals surface area (Å²) in [7, 11) is 0. The van der Waals surface area contributed by atoms with Crippen LogP contribution in [0.3, 0.4) is 0 Å². The Hall–Kier alpha value is -1.65. The van der Waals surface area contributed by atoms with Gasteiger partial charge in [-0.3, -0.25) is 0 Å². The molecule has 1 aromatic heterocycles. The third kappa shape index (κ3) is 3.15. The van der Waals surface area contributed by atoms with Crippen LogP contribution in [0.5, 0.6) is 0 Å². The Morgan fingerprint density at radius 2 is 2.06 bits per heavy atom. The van der Waals surface area contributed by atoms with Crippen molar-refractivity contribution in [2.24, 2.45) is 5.73 Å². The molecule has 90 valence electrons. The molecule has 0 aliphatic carbocycles. The Bertz CT molecular complexity index is 453. The van der Waals surface area contributed by atoms with Crippen molar-refractivity contribution < 1.29 is 5.11 Å². The number of hydrogen-bond donors (Lipinski definition) is 2. The van der Waals surface area contributed by atoms with Gasteiger partial charge in [0, 0.05) is 30.9 Å². The highest BCUT2D eigenvalue weighted by Crippen LogP contribution is 2.07. The second kappa shape index (κ2) is 5.61. The molecule has 1 atom stereocenters. The minimum Gasteiger partial charge on any atom is -0.395 e. The number of aliphatic hydroxyl groups excluding tert-OH is 1. The highest BCUT2D eigenvalue weighted by Gasteiger charge is 2.07. The van der Waals surface area contributed by atoms with Gasteiger partial charge < -0.3 is 15.4 Å². The summed E-state index contributed by atoms with van der Waals surface area (Å²) >= 11 is 0. The maximum absolute atomic E-state index is 8.96. The van der Waals surface area contributed by atoms with Crippen LogP contribution >= 0.6 is 0 Å². The van der Waals surface area contributed by atoms with Crippen LogP contribution < -0.4 is 5.73 Å². The number of nitrogens with zero attached hydrogens (tertiary/aromatic N) is 2. The van der Waals surface area contributed by atoms with E-state index in [9.17, 15) is 0 Å². The van der Waals surface area contributed by atoms with Crippen LogP contribution in [0.4, 0.5) is 0 Å². The number of nitrogens with two attached hydrogens (primary N) is 1. The Balaban J connectivity index is 2.09. The molecule has 1 heterocycles. The third-order valence-corrected chi connectivity index (χ3v) is 2.70. The van der Waals surface area contributed by atoms with Crippen LogP contribution in [-0.4, -0.2) is 27.3 Å². The van der Waals surface area contributed by atoms with Gasteiger partial charge in [0.1, 0.15) is 0 Å². The Morgan fingerprint density at radius 3 is 2.76 bits per heavy atom. The number of aliphatic hydroxyl groups is 1. The Kier molecular flexibility index (Phi) is 3.90. The van der Waals surface area contributed by atoms with E-state index in [1.54, 1.807) is 12.5 Å². The molecule has 4 heteroatoms. The third-order valence-electron chi connectivity index (χ3n) is 2.70. The van der Waals surface area contributed by atoms with Crippen molar-refractivity contribution in [3.8, 4) is 0 Å². The number of benzene rings is 1. The minimum absolute atomic E-state index is 0.00346. The molecule has 4 nitrogen and oxygen atoms in total. The largest absolute Gasteiger partial charge is 0.395 e. The summed E-state index contributed by atoms with van der Waals surface area (Å²) in [5.41, 5.74) is 8.01. The summed E-state index contributed by atoms with van der Waals surface area (Å²) in [4.78, 5) is 4.13. The standard InChI is InChI=1S/C13H17N3O/c14-12(9-17)6-13-7-15-10-16(13)8-11-4-2-1-3-5-11/h1-5,7,10,12,17H,6,8-9,14H2. The second-order valence-electron chi connectivity index (χ2n) is 4.15. The van der Waals surface area contributed by atoms with Crippen molar-refractivity contribution in [2.45, 2.75) is 19.0 Å². The van der Waals surface area contributed by atoms with Crippen LogP contribution in [0.15, 0.2) is 42.9 Å². The van der Waals surface area contributed by atoms with Gasteiger partial charge in [0.25, 0.3) is 0 Å². The molecule has 3 N–H and O–H groups in total. The fraction of sp³-hybridized carbons (Fsp3) is 0.308. The first-order valence-corrected chi connectivity index (χ1v) is 5.69.